The minimum Gasteiger partial charge on any atom is -0.319 e. The lowest BCUT2D eigenvalue weighted by Gasteiger charge is -2.31. The van der Waals surface area contributed by atoms with Crippen molar-refractivity contribution < 1.29 is 4.79 Å². The highest BCUT2D eigenvalue weighted by atomic mass is 35.5. The molecule has 1 aliphatic rings. The van der Waals surface area contributed by atoms with Crippen LogP contribution >= 0.6 is 23.7 Å². The minimum absolute atomic E-state index is 0. The number of nitrogens with zero attached hydrogens (tertiary/aromatic N) is 3. The van der Waals surface area contributed by atoms with Gasteiger partial charge in [0.25, 0.3) is 0 Å². The Morgan fingerprint density at radius 1 is 1.50 bits per heavy atom. The first-order chi connectivity index (χ1) is 10.1. The highest BCUT2D eigenvalue weighted by Crippen LogP contribution is 2.23. The molecule has 1 saturated heterocycles. The number of anilines is 1. The number of aromatic nitrogens is 1. The van der Waals surface area contributed by atoms with E-state index < -0.39 is 0 Å². The summed E-state index contributed by atoms with van der Waals surface area (Å²) in [4.78, 5) is 20.4. The maximum absolute atomic E-state index is 11.5. The Morgan fingerprint density at radius 2 is 2.18 bits per heavy atom. The third-order valence-electron chi connectivity index (χ3n) is 4.05. The zero-order valence-corrected chi connectivity index (χ0v) is 15.3. The predicted octanol–water partition coefficient (Wildman–Crippen LogP) is 2.37. The molecule has 2 heterocycles. The Kier molecular flexibility index (Phi) is 8.31. The van der Waals surface area contributed by atoms with Crippen LogP contribution in [0.4, 0.5) is 5.13 Å². The topological polar surface area (TPSA) is 48.5 Å². The zero-order chi connectivity index (χ0) is 15.2. The molecule has 2 rings (SSSR count). The van der Waals surface area contributed by atoms with Gasteiger partial charge in [0.1, 0.15) is 0 Å². The minimum atomic E-state index is 0. The van der Waals surface area contributed by atoms with E-state index in [9.17, 15) is 4.79 Å². The maximum atomic E-state index is 11.5. The molecule has 7 heteroatoms. The lowest BCUT2D eigenvalue weighted by Crippen LogP contribution is -2.36. The molecule has 0 spiro atoms. The van der Waals surface area contributed by atoms with Crippen molar-refractivity contribution in [1.82, 2.24) is 15.2 Å². The fourth-order valence-corrected chi connectivity index (χ4v) is 3.78. The van der Waals surface area contributed by atoms with Crippen LogP contribution in [0.2, 0.25) is 0 Å². The molecule has 0 saturated carbocycles. The standard InChI is InChI=1S/C15H26N4OS.ClH/c1-4-19(12(2)20)15-17-14(11-21-15)10-18-7-5-13(6-8-18)9-16-3;/h11,13,16H,4-10H2,1-3H3;1H. The normalized spacial score (nSPS) is 16.3. The SMILES string of the molecule is CCN(C(C)=O)c1nc(CN2CCC(CNC)CC2)cs1.Cl. The summed E-state index contributed by atoms with van der Waals surface area (Å²) in [6.07, 6.45) is 2.51. The average Bonchev–Trinajstić information content (AvgIpc) is 2.90. The van der Waals surface area contributed by atoms with Crippen LogP contribution in [0.15, 0.2) is 5.38 Å². The average molecular weight is 347 g/mol. The largest absolute Gasteiger partial charge is 0.319 e. The number of rotatable bonds is 6. The molecular formula is C15H27ClN4OS. The van der Waals surface area contributed by atoms with Gasteiger partial charge in [-0.25, -0.2) is 4.98 Å². The van der Waals surface area contributed by atoms with E-state index in [1.165, 1.54) is 12.8 Å². The summed E-state index contributed by atoms with van der Waals surface area (Å²) >= 11 is 1.57. The van der Waals surface area contributed by atoms with Crippen molar-refractivity contribution in [1.29, 1.82) is 0 Å². The first-order valence-electron chi connectivity index (χ1n) is 7.73. The van der Waals surface area contributed by atoms with Crippen LogP contribution in [0.1, 0.15) is 32.4 Å². The summed E-state index contributed by atoms with van der Waals surface area (Å²) in [5, 5.41) is 6.18. The smallest absolute Gasteiger partial charge is 0.225 e. The van der Waals surface area contributed by atoms with E-state index in [-0.39, 0.29) is 18.3 Å². The quantitative estimate of drug-likeness (QED) is 0.859. The highest BCUT2D eigenvalue weighted by molar-refractivity contribution is 7.14. The number of carbonyl (C=O) groups excluding carboxylic acids is 1. The lowest BCUT2D eigenvalue weighted by molar-refractivity contribution is -0.116. The van der Waals surface area contributed by atoms with Crippen LogP contribution in [0, 0.1) is 5.92 Å². The number of carbonyl (C=O) groups is 1. The number of hydrogen-bond acceptors (Lipinski definition) is 5. The van der Waals surface area contributed by atoms with Crippen LogP contribution in [0.5, 0.6) is 0 Å². The number of halogens is 1. The van der Waals surface area contributed by atoms with Crippen LogP contribution in [0.3, 0.4) is 0 Å². The zero-order valence-electron chi connectivity index (χ0n) is 13.7. The van der Waals surface area contributed by atoms with Gasteiger partial charge < -0.3 is 5.32 Å². The summed E-state index contributed by atoms with van der Waals surface area (Å²) in [6, 6.07) is 0. The first-order valence-corrected chi connectivity index (χ1v) is 8.61. The Morgan fingerprint density at radius 3 is 2.73 bits per heavy atom. The Hall–Kier alpha value is -0.690. The second-order valence-corrected chi connectivity index (χ2v) is 6.50. The molecule has 0 radical (unpaired) electrons. The van der Waals surface area contributed by atoms with Gasteiger partial charge >= 0.3 is 0 Å². The van der Waals surface area contributed by atoms with Gasteiger partial charge in [-0.3, -0.25) is 14.6 Å². The Labute approximate surface area is 143 Å². The molecule has 0 aromatic carbocycles. The summed E-state index contributed by atoms with van der Waals surface area (Å²) in [5.41, 5.74) is 1.08. The van der Waals surface area contributed by atoms with E-state index in [1.54, 1.807) is 23.2 Å². The van der Waals surface area contributed by atoms with Gasteiger partial charge in [-0.2, -0.15) is 0 Å². The monoisotopic (exact) mass is 346 g/mol. The maximum Gasteiger partial charge on any atom is 0.225 e. The predicted molar refractivity (Wildman–Crippen MR) is 95.0 cm³/mol. The number of nitrogens with one attached hydrogen (secondary N) is 1. The van der Waals surface area contributed by atoms with Gasteiger partial charge in [-0.15, -0.1) is 23.7 Å². The first kappa shape index (κ1) is 19.4. The molecule has 5 nitrogen and oxygen atoms in total. The van der Waals surface area contributed by atoms with Crippen LogP contribution < -0.4 is 10.2 Å². The molecule has 0 bridgehead atoms. The van der Waals surface area contributed by atoms with Gasteiger partial charge in [0.2, 0.25) is 5.91 Å². The summed E-state index contributed by atoms with van der Waals surface area (Å²) in [5.74, 6) is 0.872. The molecule has 1 amide bonds. The van der Waals surface area contributed by atoms with Crippen molar-refractivity contribution in [2.45, 2.75) is 33.2 Å². The van der Waals surface area contributed by atoms with Crippen molar-refractivity contribution in [3.8, 4) is 0 Å². The Balaban J connectivity index is 0.00000242. The molecule has 1 N–H and O–H groups in total. The van der Waals surface area contributed by atoms with Crippen molar-refractivity contribution in [2.75, 3.05) is 38.1 Å². The Bertz CT molecular complexity index is 460. The second-order valence-electron chi connectivity index (χ2n) is 5.66. The molecule has 1 fully saturated rings. The number of thiazole rings is 1. The van der Waals surface area contributed by atoms with E-state index in [0.717, 1.165) is 42.9 Å². The fraction of sp³-hybridized carbons (Fsp3) is 0.733. The lowest BCUT2D eigenvalue weighted by atomic mass is 9.97. The number of hydrogen-bond donors (Lipinski definition) is 1. The van der Waals surface area contributed by atoms with Gasteiger partial charge in [0, 0.05) is 25.4 Å². The number of likely N-dealkylation sites (tertiary alicyclic amines) is 1. The third-order valence-corrected chi connectivity index (χ3v) is 4.96. The summed E-state index contributed by atoms with van der Waals surface area (Å²) in [7, 11) is 2.03. The van der Waals surface area contributed by atoms with E-state index in [0.29, 0.717) is 6.54 Å². The van der Waals surface area contributed by atoms with Gasteiger partial charge in [0.05, 0.1) is 5.69 Å². The van der Waals surface area contributed by atoms with Gasteiger partial charge in [-0.05, 0) is 52.4 Å². The van der Waals surface area contributed by atoms with Crippen molar-refractivity contribution in [3.63, 3.8) is 0 Å². The van der Waals surface area contributed by atoms with E-state index in [4.69, 9.17) is 0 Å². The molecule has 1 aromatic rings. The molecule has 22 heavy (non-hydrogen) atoms. The molecule has 126 valence electrons. The van der Waals surface area contributed by atoms with E-state index in [1.807, 2.05) is 14.0 Å². The highest BCUT2D eigenvalue weighted by Gasteiger charge is 2.20. The molecule has 1 aliphatic heterocycles. The molecular weight excluding hydrogens is 320 g/mol. The third kappa shape index (κ3) is 5.19. The second kappa shape index (κ2) is 9.45. The molecule has 0 aliphatic carbocycles. The van der Waals surface area contributed by atoms with Gasteiger partial charge in [-0.1, -0.05) is 0 Å². The van der Waals surface area contributed by atoms with Crippen molar-refractivity contribution >= 4 is 34.8 Å². The molecule has 0 atom stereocenters. The van der Waals surface area contributed by atoms with Crippen LogP contribution in [-0.4, -0.2) is 49.0 Å². The van der Waals surface area contributed by atoms with E-state index in [2.05, 4.69) is 20.6 Å². The summed E-state index contributed by atoms with van der Waals surface area (Å²) < 4.78 is 0. The van der Waals surface area contributed by atoms with Crippen LogP contribution in [0.25, 0.3) is 0 Å². The van der Waals surface area contributed by atoms with Crippen molar-refractivity contribution in [2.24, 2.45) is 5.92 Å². The number of piperidine rings is 1. The number of amides is 1. The molecule has 1 aromatic heterocycles. The summed E-state index contributed by atoms with van der Waals surface area (Å²) in [6.45, 7) is 8.56. The van der Waals surface area contributed by atoms with E-state index >= 15 is 0 Å². The fourth-order valence-electron chi connectivity index (χ4n) is 2.85. The van der Waals surface area contributed by atoms with Crippen molar-refractivity contribution in [3.05, 3.63) is 11.1 Å². The molecule has 0 unspecified atom stereocenters. The van der Waals surface area contributed by atoms with Gasteiger partial charge in [0.15, 0.2) is 5.13 Å². The van der Waals surface area contributed by atoms with Crippen LogP contribution in [-0.2, 0) is 11.3 Å².